The molecule has 0 saturated carbocycles. The van der Waals surface area contributed by atoms with E-state index in [0.717, 1.165) is 27.7 Å². The average molecular weight is 369 g/mol. The molecule has 2 aromatic heterocycles. The van der Waals surface area contributed by atoms with E-state index in [1.54, 1.807) is 18.0 Å². The molecule has 0 fully saturated rings. The van der Waals surface area contributed by atoms with Crippen molar-refractivity contribution in [3.8, 4) is 11.4 Å². The van der Waals surface area contributed by atoms with Gasteiger partial charge in [0.15, 0.2) is 5.82 Å². The molecular weight excluding hydrogens is 352 g/mol. The summed E-state index contributed by atoms with van der Waals surface area (Å²) in [5.74, 6) is 1.24. The summed E-state index contributed by atoms with van der Waals surface area (Å²) in [5.41, 5.74) is 3.67. The van der Waals surface area contributed by atoms with Gasteiger partial charge in [0.25, 0.3) is 0 Å². The third kappa shape index (κ3) is 3.02. The summed E-state index contributed by atoms with van der Waals surface area (Å²) < 4.78 is 6.82. The van der Waals surface area contributed by atoms with E-state index < -0.39 is 0 Å². The first kappa shape index (κ1) is 16.6. The number of aryl methyl sites for hydroxylation is 1. The van der Waals surface area contributed by atoms with Crippen molar-refractivity contribution in [2.75, 3.05) is 12.4 Å². The molecule has 0 unspecified atom stereocenters. The lowest BCUT2D eigenvalue weighted by atomic mass is 10.1. The highest BCUT2D eigenvalue weighted by Gasteiger charge is 2.13. The Kier molecular flexibility index (Phi) is 4.32. The molecule has 4 aromatic rings. The lowest BCUT2D eigenvalue weighted by Gasteiger charge is -2.07. The molecule has 4 rings (SSSR count). The number of rotatable bonds is 5. The zero-order valence-corrected chi connectivity index (χ0v) is 15.1. The van der Waals surface area contributed by atoms with Gasteiger partial charge in [-0.05, 0) is 17.7 Å². The van der Waals surface area contributed by atoms with Gasteiger partial charge in [0.1, 0.15) is 0 Å². The monoisotopic (exact) mass is 368 g/mol. The fourth-order valence-electron chi connectivity index (χ4n) is 2.73. The maximum atomic E-state index is 6.46. The highest BCUT2D eigenvalue weighted by Crippen LogP contribution is 2.32. The second kappa shape index (κ2) is 6.78. The first-order chi connectivity index (χ1) is 12.7. The Morgan fingerprint density at radius 3 is 2.77 bits per heavy atom. The van der Waals surface area contributed by atoms with Gasteiger partial charge in [-0.3, -0.25) is 5.10 Å². The molecule has 26 heavy (non-hydrogen) atoms. The number of benzene rings is 2. The minimum atomic E-state index is 0.581. The van der Waals surface area contributed by atoms with Gasteiger partial charge in [0, 0.05) is 25.1 Å². The van der Waals surface area contributed by atoms with E-state index >= 15 is 0 Å². The summed E-state index contributed by atoms with van der Waals surface area (Å²) in [6.07, 6.45) is 1.70. The number of halogens is 1. The zero-order chi connectivity index (χ0) is 18.1. The normalized spacial score (nSPS) is 11.2. The molecule has 132 valence electrons. The fourth-order valence-corrected chi connectivity index (χ4v) is 2.99. The molecule has 8 heteroatoms. The minimum Gasteiger partial charge on any atom is -0.380 e. The molecule has 0 bridgehead atoms. The first-order valence-electron chi connectivity index (χ1n) is 8.03. The zero-order valence-electron chi connectivity index (χ0n) is 14.3. The number of nitrogens with zero attached hydrogens (tertiary/aromatic N) is 4. The topological polar surface area (TPSA) is 80.6 Å². The number of aromatic amines is 1. The highest BCUT2D eigenvalue weighted by atomic mass is 35.5. The van der Waals surface area contributed by atoms with Gasteiger partial charge >= 0.3 is 0 Å². The van der Waals surface area contributed by atoms with Crippen LogP contribution in [0.3, 0.4) is 0 Å². The molecule has 0 aliphatic carbocycles. The molecule has 0 atom stereocenters. The van der Waals surface area contributed by atoms with Crippen LogP contribution in [-0.2, 0) is 18.4 Å². The second-order valence-electron chi connectivity index (χ2n) is 5.90. The van der Waals surface area contributed by atoms with E-state index in [1.807, 2.05) is 43.4 Å². The third-order valence-corrected chi connectivity index (χ3v) is 4.50. The Morgan fingerprint density at radius 2 is 2.00 bits per heavy atom. The molecule has 0 saturated heterocycles. The van der Waals surface area contributed by atoms with Gasteiger partial charge in [-0.1, -0.05) is 35.9 Å². The van der Waals surface area contributed by atoms with Crippen molar-refractivity contribution in [2.24, 2.45) is 7.05 Å². The Bertz CT molecular complexity index is 1050. The summed E-state index contributed by atoms with van der Waals surface area (Å²) in [5, 5.41) is 16.1. The van der Waals surface area contributed by atoms with Gasteiger partial charge in [-0.2, -0.15) is 10.1 Å². The summed E-state index contributed by atoms with van der Waals surface area (Å²) >= 11 is 6.46. The largest absolute Gasteiger partial charge is 0.380 e. The van der Waals surface area contributed by atoms with E-state index in [1.165, 1.54) is 0 Å². The van der Waals surface area contributed by atoms with E-state index in [-0.39, 0.29) is 0 Å². The third-order valence-electron chi connectivity index (χ3n) is 4.09. The van der Waals surface area contributed by atoms with Crippen molar-refractivity contribution in [3.05, 3.63) is 53.2 Å². The van der Waals surface area contributed by atoms with Gasteiger partial charge in [0.05, 0.1) is 29.0 Å². The molecular formula is C18H17ClN6O. The van der Waals surface area contributed by atoms with Crippen LogP contribution in [0, 0.1) is 0 Å². The lowest BCUT2D eigenvalue weighted by Crippen LogP contribution is -2.00. The molecule has 2 aromatic carbocycles. The summed E-state index contributed by atoms with van der Waals surface area (Å²) in [6.45, 7) is 0.581. The van der Waals surface area contributed by atoms with Crippen molar-refractivity contribution in [3.63, 3.8) is 0 Å². The summed E-state index contributed by atoms with van der Waals surface area (Å²) in [4.78, 5) is 4.59. The number of nitrogens with one attached hydrogen (secondary N) is 2. The smallest absolute Gasteiger partial charge is 0.225 e. The molecule has 2 heterocycles. The van der Waals surface area contributed by atoms with Crippen LogP contribution in [0.2, 0.25) is 5.02 Å². The van der Waals surface area contributed by atoms with Crippen molar-refractivity contribution in [1.29, 1.82) is 0 Å². The summed E-state index contributed by atoms with van der Waals surface area (Å²) in [6, 6.07) is 11.8. The van der Waals surface area contributed by atoms with E-state index in [9.17, 15) is 0 Å². The number of fused-ring (bicyclic) bond motifs is 1. The van der Waals surface area contributed by atoms with Crippen molar-refractivity contribution in [2.45, 2.75) is 6.61 Å². The lowest BCUT2D eigenvalue weighted by molar-refractivity contribution is 0.185. The second-order valence-corrected chi connectivity index (χ2v) is 6.27. The van der Waals surface area contributed by atoms with Crippen LogP contribution in [0.15, 0.2) is 42.6 Å². The predicted molar refractivity (Wildman–Crippen MR) is 102 cm³/mol. The van der Waals surface area contributed by atoms with Crippen LogP contribution < -0.4 is 5.32 Å². The van der Waals surface area contributed by atoms with Crippen molar-refractivity contribution >= 4 is 34.1 Å². The average Bonchev–Trinajstić information content (AvgIpc) is 3.26. The minimum absolute atomic E-state index is 0.581. The Balaban J connectivity index is 1.62. The highest BCUT2D eigenvalue weighted by molar-refractivity contribution is 6.38. The fraction of sp³-hybridized carbons (Fsp3) is 0.167. The van der Waals surface area contributed by atoms with Gasteiger partial charge < -0.3 is 10.1 Å². The van der Waals surface area contributed by atoms with Gasteiger partial charge in [0.2, 0.25) is 5.95 Å². The number of hydrogen-bond acceptors (Lipinski definition) is 5. The number of hydrogen-bond donors (Lipinski definition) is 2. The van der Waals surface area contributed by atoms with E-state index in [4.69, 9.17) is 16.3 Å². The van der Waals surface area contributed by atoms with E-state index in [2.05, 4.69) is 25.6 Å². The van der Waals surface area contributed by atoms with Crippen LogP contribution in [0.1, 0.15) is 5.56 Å². The Hall–Kier alpha value is -2.90. The number of ether oxygens (including phenoxy) is 1. The molecule has 2 N–H and O–H groups in total. The Morgan fingerprint density at radius 1 is 1.19 bits per heavy atom. The Labute approximate surface area is 155 Å². The number of anilines is 2. The first-order valence-corrected chi connectivity index (χ1v) is 8.41. The SMILES string of the molecule is COCc1ccc(-c2nc(Nc3ccc4[nH]ncc4c3Cl)n(C)n2)cc1. The quantitative estimate of drug-likeness (QED) is 0.558. The van der Waals surface area contributed by atoms with Crippen LogP contribution in [-0.4, -0.2) is 32.1 Å². The van der Waals surface area contributed by atoms with E-state index in [0.29, 0.717) is 23.4 Å². The molecule has 0 aliphatic rings. The number of methoxy groups -OCH3 is 1. The predicted octanol–water partition coefficient (Wildman–Crippen LogP) is 3.90. The van der Waals surface area contributed by atoms with Crippen LogP contribution in [0.4, 0.5) is 11.6 Å². The van der Waals surface area contributed by atoms with Gasteiger partial charge in [-0.15, -0.1) is 5.10 Å². The van der Waals surface area contributed by atoms with Gasteiger partial charge in [-0.25, -0.2) is 4.68 Å². The van der Waals surface area contributed by atoms with Crippen LogP contribution in [0.25, 0.3) is 22.3 Å². The standard InChI is InChI=1S/C18H17ClN6O/c1-25-18(21-15-8-7-14-13(16(15)19)9-20-23-14)22-17(24-25)12-5-3-11(4-6-12)10-26-2/h3-9H,10H2,1-2H3,(H,20,23)(H,21,22,24). The number of H-pyrrole nitrogens is 1. The van der Waals surface area contributed by atoms with Crippen molar-refractivity contribution in [1.82, 2.24) is 25.0 Å². The molecule has 0 spiro atoms. The molecule has 7 nitrogen and oxygen atoms in total. The molecule has 0 aliphatic heterocycles. The van der Waals surface area contributed by atoms with Crippen LogP contribution in [0.5, 0.6) is 0 Å². The van der Waals surface area contributed by atoms with Crippen LogP contribution >= 0.6 is 11.6 Å². The molecule has 0 radical (unpaired) electrons. The molecule has 0 amide bonds. The summed E-state index contributed by atoms with van der Waals surface area (Å²) in [7, 11) is 3.51. The maximum Gasteiger partial charge on any atom is 0.225 e. The maximum absolute atomic E-state index is 6.46. The van der Waals surface area contributed by atoms with Crippen molar-refractivity contribution < 1.29 is 4.74 Å². The number of aromatic nitrogens is 5.